The van der Waals surface area contributed by atoms with Crippen molar-refractivity contribution in [2.75, 3.05) is 11.5 Å². The van der Waals surface area contributed by atoms with Gasteiger partial charge < -0.3 is 5.11 Å². The van der Waals surface area contributed by atoms with Crippen LogP contribution >= 0.6 is 34.9 Å². The first-order valence-corrected chi connectivity index (χ1v) is 9.90. The number of carbonyl (C=O) groups is 1. The van der Waals surface area contributed by atoms with Crippen molar-refractivity contribution in [1.29, 1.82) is 0 Å². The van der Waals surface area contributed by atoms with E-state index in [0.717, 1.165) is 29.3 Å². The standard InChI is InChI=1S/C14H21NO2S3/c1-4-10-12(19-6-5-18-10)13-15-9(7-8(2)3)11(20-13)14(16)17/h8,10,12H,4-7H2,1-3H3,(H,16,17). The number of aromatic carboxylic acids is 1. The van der Waals surface area contributed by atoms with Crippen molar-refractivity contribution in [2.45, 2.75) is 44.1 Å². The van der Waals surface area contributed by atoms with Gasteiger partial charge in [0, 0.05) is 16.8 Å². The van der Waals surface area contributed by atoms with Crippen LogP contribution in [0, 0.1) is 5.92 Å². The molecule has 0 aromatic carbocycles. The molecule has 2 atom stereocenters. The number of rotatable bonds is 5. The zero-order valence-corrected chi connectivity index (χ0v) is 14.5. The van der Waals surface area contributed by atoms with E-state index in [9.17, 15) is 9.90 Å². The lowest BCUT2D eigenvalue weighted by atomic mass is 10.1. The van der Waals surface area contributed by atoms with Crippen LogP contribution in [-0.2, 0) is 6.42 Å². The molecule has 1 aliphatic rings. The summed E-state index contributed by atoms with van der Waals surface area (Å²) in [5.74, 6) is 1.92. The van der Waals surface area contributed by atoms with Gasteiger partial charge >= 0.3 is 5.97 Å². The molecule has 3 nitrogen and oxygen atoms in total. The summed E-state index contributed by atoms with van der Waals surface area (Å²) < 4.78 is 0. The molecule has 112 valence electrons. The van der Waals surface area contributed by atoms with Gasteiger partial charge in [-0.05, 0) is 18.8 Å². The molecule has 6 heteroatoms. The van der Waals surface area contributed by atoms with Gasteiger partial charge in [0.25, 0.3) is 0 Å². The van der Waals surface area contributed by atoms with E-state index in [1.54, 1.807) is 0 Å². The van der Waals surface area contributed by atoms with Crippen molar-refractivity contribution >= 4 is 40.8 Å². The average Bonchev–Trinajstić information content (AvgIpc) is 2.81. The third kappa shape index (κ3) is 3.71. The molecule has 1 aromatic rings. The third-order valence-electron chi connectivity index (χ3n) is 3.21. The molecule has 1 fully saturated rings. The molecule has 0 bridgehead atoms. The summed E-state index contributed by atoms with van der Waals surface area (Å²) in [7, 11) is 0. The predicted molar refractivity (Wildman–Crippen MR) is 89.4 cm³/mol. The predicted octanol–water partition coefficient (Wildman–Crippen LogP) is 4.34. The van der Waals surface area contributed by atoms with Gasteiger partial charge in [0.05, 0.1) is 10.9 Å². The fourth-order valence-corrected chi connectivity index (χ4v) is 6.67. The number of carboxylic acid groups (broad SMARTS) is 1. The van der Waals surface area contributed by atoms with Gasteiger partial charge in [-0.3, -0.25) is 0 Å². The summed E-state index contributed by atoms with van der Waals surface area (Å²) in [4.78, 5) is 16.6. The Hall–Kier alpha value is -0.200. The Morgan fingerprint density at radius 2 is 2.10 bits per heavy atom. The van der Waals surface area contributed by atoms with Crippen LogP contribution in [0.5, 0.6) is 0 Å². The van der Waals surface area contributed by atoms with E-state index >= 15 is 0 Å². The maximum absolute atomic E-state index is 11.4. The highest BCUT2D eigenvalue weighted by Gasteiger charge is 2.31. The quantitative estimate of drug-likeness (QED) is 0.870. The van der Waals surface area contributed by atoms with Gasteiger partial charge in [-0.1, -0.05) is 20.8 Å². The molecule has 0 amide bonds. The number of thiazole rings is 1. The maximum Gasteiger partial charge on any atom is 0.347 e. The molecule has 1 N–H and O–H groups in total. The van der Waals surface area contributed by atoms with Crippen LogP contribution in [0.25, 0.3) is 0 Å². The molecular weight excluding hydrogens is 310 g/mol. The minimum Gasteiger partial charge on any atom is -0.477 e. The molecule has 1 saturated heterocycles. The van der Waals surface area contributed by atoms with Crippen LogP contribution in [0.15, 0.2) is 0 Å². The Morgan fingerprint density at radius 1 is 1.40 bits per heavy atom. The van der Waals surface area contributed by atoms with Gasteiger partial charge in [-0.15, -0.1) is 23.1 Å². The second-order valence-corrected chi connectivity index (χ2v) is 8.97. The Morgan fingerprint density at radius 3 is 2.70 bits per heavy atom. The molecular formula is C14H21NO2S3. The topological polar surface area (TPSA) is 50.2 Å². The monoisotopic (exact) mass is 331 g/mol. The lowest BCUT2D eigenvalue weighted by Crippen LogP contribution is -2.18. The first-order valence-electron chi connectivity index (χ1n) is 6.99. The van der Waals surface area contributed by atoms with E-state index in [4.69, 9.17) is 4.98 Å². The van der Waals surface area contributed by atoms with Crippen LogP contribution < -0.4 is 0 Å². The van der Waals surface area contributed by atoms with E-state index < -0.39 is 5.97 Å². The number of aromatic nitrogens is 1. The van der Waals surface area contributed by atoms with E-state index in [1.165, 1.54) is 17.1 Å². The summed E-state index contributed by atoms with van der Waals surface area (Å²) in [6.45, 7) is 6.41. The van der Waals surface area contributed by atoms with Crippen LogP contribution in [0.4, 0.5) is 0 Å². The zero-order chi connectivity index (χ0) is 14.7. The summed E-state index contributed by atoms with van der Waals surface area (Å²) in [6.07, 6.45) is 1.86. The van der Waals surface area contributed by atoms with E-state index in [-0.39, 0.29) is 0 Å². The van der Waals surface area contributed by atoms with Crippen molar-refractivity contribution in [3.8, 4) is 0 Å². The second-order valence-electron chi connectivity index (χ2n) is 5.34. The molecule has 0 saturated carbocycles. The van der Waals surface area contributed by atoms with Crippen molar-refractivity contribution in [3.63, 3.8) is 0 Å². The van der Waals surface area contributed by atoms with E-state index in [0.29, 0.717) is 21.3 Å². The summed E-state index contributed by atoms with van der Waals surface area (Å²) in [5, 5.41) is 11.3. The second kappa shape index (κ2) is 7.18. The van der Waals surface area contributed by atoms with E-state index in [1.807, 2.05) is 23.5 Å². The Kier molecular flexibility index (Phi) is 5.81. The Bertz CT molecular complexity index is 473. The van der Waals surface area contributed by atoms with Gasteiger partial charge in [-0.25, -0.2) is 9.78 Å². The Balaban J connectivity index is 2.29. The fraction of sp³-hybridized carbons (Fsp3) is 0.714. The number of hydrogen-bond acceptors (Lipinski definition) is 5. The number of nitrogens with zero attached hydrogens (tertiary/aromatic N) is 1. The van der Waals surface area contributed by atoms with Crippen molar-refractivity contribution in [1.82, 2.24) is 4.98 Å². The molecule has 0 spiro atoms. The zero-order valence-electron chi connectivity index (χ0n) is 12.1. The normalized spacial score (nSPS) is 23.2. The molecule has 20 heavy (non-hydrogen) atoms. The lowest BCUT2D eigenvalue weighted by molar-refractivity contribution is 0.0700. The Labute approximate surface area is 133 Å². The molecule has 0 aliphatic carbocycles. The van der Waals surface area contributed by atoms with Crippen molar-refractivity contribution < 1.29 is 9.90 Å². The van der Waals surface area contributed by atoms with Crippen LogP contribution in [-0.4, -0.2) is 32.8 Å². The summed E-state index contributed by atoms with van der Waals surface area (Å²) in [6, 6.07) is 0. The van der Waals surface area contributed by atoms with E-state index in [2.05, 4.69) is 20.8 Å². The molecule has 0 radical (unpaired) electrons. The minimum atomic E-state index is -0.828. The largest absolute Gasteiger partial charge is 0.477 e. The van der Waals surface area contributed by atoms with Gasteiger partial charge in [0.1, 0.15) is 9.88 Å². The first-order chi connectivity index (χ1) is 9.52. The fourth-order valence-electron chi connectivity index (χ4n) is 2.32. The summed E-state index contributed by atoms with van der Waals surface area (Å²) in [5.41, 5.74) is 0.776. The summed E-state index contributed by atoms with van der Waals surface area (Å²) >= 11 is 5.33. The van der Waals surface area contributed by atoms with Crippen LogP contribution in [0.3, 0.4) is 0 Å². The average molecular weight is 332 g/mol. The molecule has 2 rings (SSSR count). The smallest absolute Gasteiger partial charge is 0.347 e. The van der Waals surface area contributed by atoms with Crippen LogP contribution in [0.1, 0.15) is 52.8 Å². The van der Waals surface area contributed by atoms with Crippen LogP contribution in [0.2, 0.25) is 0 Å². The number of thioether (sulfide) groups is 2. The highest BCUT2D eigenvalue weighted by atomic mass is 32.2. The highest BCUT2D eigenvalue weighted by molar-refractivity contribution is 8.06. The lowest BCUT2D eigenvalue weighted by Gasteiger charge is -2.28. The molecule has 1 aliphatic heterocycles. The number of hydrogen-bond donors (Lipinski definition) is 1. The molecule has 2 unspecified atom stereocenters. The van der Waals surface area contributed by atoms with Crippen molar-refractivity contribution in [2.24, 2.45) is 5.92 Å². The van der Waals surface area contributed by atoms with Gasteiger partial charge in [0.2, 0.25) is 0 Å². The SMILES string of the molecule is CCC1SCCSC1c1nc(CC(C)C)c(C(=O)O)s1. The third-order valence-corrected chi connectivity index (χ3v) is 7.78. The van der Waals surface area contributed by atoms with Crippen molar-refractivity contribution in [3.05, 3.63) is 15.6 Å². The van der Waals surface area contributed by atoms with Gasteiger partial charge in [0.15, 0.2) is 0 Å². The molecule has 1 aromatic heterocycles. The van der Waals surface area contributed by atoms with Gasteiger partial charge in [-0.2, -0.15) is 11.8 Å². The number of carboxylic acids is 1. The maximum atomic E-state index is 11.4. The highest BCUT2D eigenvalue weighted by Crippen LogP contribution is 2.45. The molecule has 2 heterocycles. The first kappa shape index (κ1) is 16.2. The minimum absolute atomic E-state index is 0.364.